The Morgan fingerprint density at radius 1 is 1.53 bits per heavy atom. The predicted octanol–water partition coefficient (Wildman–Crippen LogP) is 1.95. The highest BCUT2D eigenvalue weighted by molar-refractivity contribution is 9.10. The van der Waals surface area contributed by atoms with Crippen molar-refractivity contribution in [2.75, 3.05) is 19.8 Å². The molecule has 5 heteroatoms. The number of benzene rings is 1. The molecule has 3 nitrogen and oxygen atoms in total. The van der Waals surface area contributed by atoms with E-state index in [0.29, 0.717) is 29.8 Å². The number of phenols is 1. The SMILES string of the molecule is Oc1ccc(Br)c(C2COCCN2)c1F. The molecule has 1 aliphatic heterocycles. The van der Waals surface area contributed by atoms with Crippen molar-refractivity contribution < 1.29 is 14.2 Å². The van der Waals surface area contributed by atoms with E-state index in [9.17, 15) is 9.50 Å². The number of hydrogen-bond donors (Lipinski definition) is 2. The van der Waals surface area contributed by atoms with Crippen LogP contribution in [0, 0.1) is 5.82 Å². The molecule has 2 rings (SSSR count). The Kier molecular flexibility index (Phi) is 3.23. The molecule has 0 radical (unpaired) electrons. The second-order valence-corrected chi connectivity index (χ2v) is 4.23. The Labute approximate surface area is 95.4 Å². The first kappa shape index (κ1) is 10.9. The Hall–Kier alpha value is -0.650. The maximum Gasteiger partial charge on any atom is 0.170 e. The number of halogens is 2. The lowest BCUT2D eigenvalue weighted by Crippen LogP contribution is -2.35. The number of aromatic hydroxyl groups is 1. The molecule has 1 aromatic carbocycles. The van der Waals surface area contributed by atoms with Gasteiger partial charge in [0.2, 0.25) is 0 Å². The van der Waals surface area contributed by atoms with Crippen LogP contribution in [-0.2, 0) is 4.74 Å². The number of nitrogens with one attached hydrogen (secondary N) is 1. The monoisotopic (exact) mass is 275 g/mol. The van der Waals surface area contributed by atoms with Crippen LogP contribution in [0.2, 0.25) is 0 Å². The van der Waals surface area contributed by atoms with Gasteiger partial charge in [-0.25, -0.2) is 4.39 Å². The molecule has 1 unspecified atom stereocenters. The predicted molar refractivity (Wildman–Crippen MR) is 57.3 cm³/mol. The summed E-state index contributed by atoms with van der Waals surface area (Å²) in [7, 11) is 0. The standard InChI is InChI=1S/C10H11BrFNO2/c11-6-1-2-8(14)10(12)9(6)7-5-15-4-3-13-7/h1-2,7,13-14H,3-5H2. The topological polar surface area (TPSA) is 41.5 Å². The van der Waals surface area contributed by atoms with Gasteiger partial charge in [-0.2, -0.15) is 0 Å². The summed E-state index contributed by atoms with van der Waals surface area (Å²) in [5.74, 6) is -0.923. The molecule has 0 aromatic heterocycles. The van der Waals surface area contributed by atoms with Crippen LogP contribution in [0.25, 0.3) is 0 Å². The molecule has 0 amide bonds. The second-order valence-electron chi connectivity index (χ2n) is 3.38. The first-order valence-electron chi connectivity index (χ1n) is 4.68. The number of rotatable bonds is 1. The van der Waals surface area contributed by atoms with Crippen molar-refractivity contribution in [3.05, 3.63) is 28.0 Å². The lowest BCUT2D eigenvalue weighted by Gasteiger charge is -2.25. The van der Waals surface area contributed by atoms with E-state index in [-0.39, 0.29) is 11.8 Å². The molecule has 1 atom stereocenters. The smallest absolute Gasteiger partial charge is 0.170 e. The lowest BCUT2D eigenvalue weighted by molar-refractivity contribution is 0.0754. The van der Waals surface area contributed by atoms with E-state index in [1.807, 2.05) is 0 Å². The van der Waals surface area contributed by atoms with Crippen molar-refractivity contribution in [2.24, 2.45) is 0 Å². The summed E-state index contributed by atoms with van der Waals surface area (Å²) in [6.07, 6.45) is 0. The van der Waals surface area contributed by atoms with E-state index in [1.54, 1.807) is 6.07 Å². The molecule has 0 bridgehead atoms. The highest BCUT2D eigenvalue weighted by Crippen LogP contribution is 2.32. The fraction of sp³-hybridized carbons (Fsp3) is 0.400. The van der Waals surface area contributed by atoms with Gasteiger partial charge in [0, 0.05) is 16.6 Å². The van der Waals surface area contributed by atoms with E-state index >= 15 is 0 Å². The van der Waals surface area contributed by atoms with Crippen LogP contribution in [0.15, 0.2) is 16.6 Å². The average molecular weight is 276 g/mol. The molecular weight excluding hydrogens is 265 g/mol. The third-order valence-corrected chi connectivity index (χ3v) is 3.07. The van der Waals surface area contributed by atoms with Crippen molar-refractivity contribution in [1.29, 1.82) is 0 Å². The number of ether oxygens (including phenoxy) is 1. The van der Waals surface area contributed by atoms with Crippen molar-refractivity contribution in [2.45, 2.75) is 6.04 Å². The van der Waals surface area contributed by atoms with Crippen molar-refractivity contribution in [1.82, 2.24) is 5.32 Å². The van der Waals surface area contributed by atoms with Gasteiger partial charge in [0.05, 0.1) is 19.3 Å². The average Bonchev–Trinajstić information content (AvgIpc) is 2.26. The summed E-state index contributed by atoms with van der Waals surface area (Å²) in [5.41, 5.74) is 0.426. The molecule has 15 heavy (non-hydrogen) atoms. The normalized spacial score (nSPS) is 21.6. The number of hydrogen-bond acceptors (Lipinski definition) is 3. The van der Waals surface area contributed by atoms with Crippen LogP contribution in [-0.4, -0.2) is 24.9 Å². The van der Waals surface area contributed by atoms with Gasteiger partial charge in [-0.3, -0.25) is 0 Å². The fourth-order valence-corrected chi connectivity index (χ4v) is 2.21. The van der Waals surface area contributed by atoms with Gasteiger partial charge in [-0.05, 0) is 12.1 Å². The van der Waals surface area contributed by atoms with Crippen LogP contribution < -0.4 is 5.32 Å². The van der Waals surface area contributed by atoms with Crippen LogP contribution >= 0.6 is 15.9 Å². The van der Waals surface area contributed by atoms with E-state index in [4.69, 9.17) is 4.74 Å². The summed E-state index contributed by atoms with van der Waals surface area (Å²) in [6, 6.07) is 2.75. The minimum atomic E-state index is -0.590. The third-order valence-electron chi connectivity index (χ3n) is 2.38. The molecule has 1 saturated heterocycles. The van der Waals surface area contributed by atoms with Gasteiger partial charge in [-0.15, -0.1) is 0 Å². The van der Waals surface area contributed by atoms with E-state index in [1.165, 1.54) is 6.07 Å². The summed E-state index contributed by atoms with van der Waals surface area (Å²) < 4.78 is 19.6. The molecule has 2 N–H and O–H groups in total. The molecule has 82 valence electrons. The second kappa shape index (κ2) is 4.47. The molecule has 0 spiro atoms. The molecular formula is C10H11BrFNO2. The molecule has 1 aliphatic rings. The van der Waals surface area contributed by atoms with Crippen molar-refractivity contribution >= 4 is 15.9 Å². The third kappa shape index (κ3) is 2.14. The van der Waals surface area contributed by atoms with Gasteiger partial charge >= 0.3 is 0 Å². The Bertz CT molecular complexity index is 367. The summed E-state index contributed by atoms with van der Waals surface area (Å²) >= 11 is 3.27. The van der Waals surface area contributed by atoms with Gasteiger partial charge in [0.25, 0.3) is 0 Å². The lowest BCUT2D eigenvalue weighted by atomic mass is 10.1. The zero-order valence-corrected chi connectivity index (χ0v) is 9.55. The maximum absolute atomic E-state index is 13.7. The molecule has 1 fully saturated rings. The largest absolute Gasteiger partial charge is 0.505 e. The minimum Gasteiger partial charge on any atom is -0.505 e. The van der Waals surface area contributed by atoms with Gasteiger partial charge in [0.15, 0.2) is 11.6 Å². The Morgan fingerprint density at radius 2 is 2.33 bits per heavy atom. The first-order chi connectivity index (χ1) is 7.20. The van der Waals surface area contributed by atoms with Crippen LogP contribution in [0.4, 0.5) is 4.39 Å². The minimum absolute atomic E-state index is 0.208. The zero-order valence-electron chi connectivity index (χ0n) is 7.96. The zero-order chi connectivity index (χ0) is 10.8. The van der Waals surface area contributed by atoms with Crippen molar-refractivity contribution in [3.63, 3.8) is 0 Å². The van der Waals surface area contributed by atoms with E-state index in [0.717, 1.165) is 0 Å². The Balaban J connectivity index is 2.36. The summed E-state index contributed by atoms with van der Waals surface area (Å²) in [4.78, 5) is 0. The van der Waals surface area contributed by atoms with E-state index < -0.39 is 5.82 Å². The summed E-state index contributed by atoms with van der Waals surface area (Å²) in [6.45, 7) is 1.74. The highest BCUT2D eigenvalue weighted by atomic mass is 79.9. The van der Waals surface area contributed by atoms with Crippen LogP contribution in [0.1, 0.15) is 11.6 Å². The maximum atomic E-state index is 13.7. The van der Waals surface area contributed by atoms with Gasteiger partial charge < -0.3 is 15.2 Å². The van der Waals surface area contributed by atoms with Gasteiger partial charge in [0.1, 0.15) is 0 Å². The highest BCUT2D eigenvalue weighted by Gasteiger charge is 2.23. The van der Waals surface area contributed by atoms with Gasteiger partial charge in [-0.1, -0.05) is 15.9 Å². The van der Waals surface area contributed by atoms with E-state index in [2.05, 4.69) is 21.2 Å². The summed E-state index contributed by atoms with van der Waals surface area (Å²) in [5, 5.41) is 12.4. The fourth-order valence-electron chi connectivity index (χ4n) is 1.63. The van der Waals surface area contributed by atoms with Crippen LogP contribution in [0.5, 0.6) is 5.75 Å². The molecule has 0 aliphatic carbocycles. The number of morpholine rings is 1. The number of phenolic OH excluding ortho intramolecular Hbond substituents is 1. The Morgan fingerprint density at radius 3 is 3.00 bits per heavy atom. The molecule has 0 saturated carbocycles. The quantitative estimate of drug-likeness (QED) is 0.823. The van der Waals surface area contributed by atoms with Crippen molar-refractivity contribution in [3.8, 4) is 5.75 Å². The molecule has 1 aromatic rings. The first-order valence-corrected chi connectivity index (χ1v) is 5.47. The van der Waals surface area contributed by atoms with Crippen LogP contribution in [0.3, 0.4) is 0 Å². The molecule has 1 heterocycles.